The molecule has 2 fully saturated rings. The molecule has 36 heavy (non-hydrogen) atoms. The Kier molecular flexibility index (Phi) is 11.0. The predicted octanol–water partition coefficient (Wildman–Crippen LogP) is 3.09. The van der Waals surface area contributed by atoms with E-state index < -0.39 is 11.7 Å². The maximum Gasteiger partial charge on any atom is 0.272 e. The zero-order chi connectivity index (χ0) is 25.9. The monoisotopic (exact) mass is 521 g/mol. The van der Waals surface area contributed by atoms with Crippen LogP contribution < -0.4 is 15.8 Å². The number of carbonyl (C=O) groups is 2. The Morgan fingerprint density at radius 3 is 2.58 bits per heavy atom. The molecule has 0 aromatic carbocycles. The van der Waals surface area contributed by atoms with Gasteiger partial charge in [0.15, 0.2) is 0 Å². The van der Waals surface area contributed by atoms with E-state index in [9.17, 15) is 14.0 Å². The summed E-state index contributed by atoms with van der Waals surface area (Å²) < 4.78 is 20.3. The smallest absolute Gasteiger partial charge is 0.272 e. The fraction of sp³-hybridized carbons (Fsp3) is 0.600. The van der Waals surface area contributed by atoms with Gasteiger partial charge in [-0.25, -0.2) is 9.37 Å². The maximum absolute atomic E-state index is 13.0. The topological polar surface area (TPSA) is 132 Å². The van der Waals surface area contributed by atoms with Crippen LogP contribution in [-0.2, 0) is 13.0 Å². The van der Waals surface area contributed by atoms with E-state index in [1.54, 1.807) is 4.68 Å². The number of halogens is 1. The minimum Gasteiger partial charge on any atom is -0.474 e. The van der Waals surface area contributed by atoms with Crippen LogP contribution in [-0.4, -0.2) is 61.9 Å². The van der Waals surface area contributed by atoms with Gasteiger partial charge in [0.05, 0.1) is 19.3 Å². The summed E-state index contributed by atoms with van der Waals surface area (Å²) in [4.78, 5) is 27.1. The molecule has 4 rings (SSSR count). The van der Waals surface area contributed by atoms with E-state index in [0.717, 1.165) is 61.6 Å². The van der Waals surface area contributed by atoms with Crippen molar-refractivity contribution in [2.24, 2.45) is 5.73 Å². The molecule has 1 aliphatic heterocycles. The molecule has 0 radical (unpaired) electrons. The number of ether oxygens (including phenoxy) is 1. The number of primary amides is 1. The van der Waals surface area contributed by atoms with Crippen molar-refractivity contribution in [2.45, 2.75) is 77.0 Å². The summed E-state index contributed by atoms with van der Waals surface area (Å²) in [6.45, 7) is 2.51. The van der Waals surface area contributed by atoms with Gasteiger partial charge in [-0.2, -0.15) is 16.9 Å². The van der Waals surface area contributed by atoms with E-state index in [4.69, 9.17) is 15.6 Å². The molecule has 4 N–H and O–H groups in total. The minimum absolute atomic E-state index is 0.00299. The highest BCUT2D eigenvalue weighted by Crippen LogP contribution is 2.24. The van der Waals surface area contributed by atoms with Crippen LogP contribution >= 0.6 is 11.8 Å². The van der Waals surface area contributed by atoms with Gasteiger partial charge in [0.1, 0.15) is 23.2 Å². The second-order valence-electron chi connectivity index (χ2n) is 8.93. The van der Waals surface area contributed by atoms with E-state index >= 15 is 0 Å². The number of nitrogens with two attached hydrogens (primary N) is 1. The summed E-state index contributed by atoms with van der Waals surface area (Å²) in [7, 11) is 0. The number of aliphatic hydroxyl groups is 1. The van der Waals surface area contributed by atoms with Crippen molar-refractivity contribution in [1.82, 2.24) is 20.1 Å². The molecule has 2 aliphatic rings. The molecular weight excluding hydrogens is 485 g/mol. The number of pyridine rings is 1. The number of amides is 2. The number of carbonyl (C=O) groups excluding carboxylic acids is 2. The lowest BCUT2D eigenvalue weighted by Crippen LogP contribution is -2.36. The van der Waals surface area contributed by atoms with Gasteiger partial charge in [0.2, 0.25) is 5.88 Å². The Hall–Kier alpha value is -2.66. The summed E-state index contributed by atoms with van der Waals surface area (Å²) in [5.41, 5.74) is 6.62. The second-order valence-corrected chi connectivity index (χ2v) is 10.2. The van der Waals surface area contributed by atoms with Crippen LogP contribution in [0.15, 0.2) is 18.3 Å². The third kappa shape index (κ3) is 8.19. The molecule has 198 valence electrons. The third-order valence-electron chi connectivity index (χ3n) is 6.24. The Labute approximate surface area is 215 Å². The van der Waals surface area contributed by atoms with Gasteiger partial charge in [-0.3, -0.25) is 14.3 Å². The average molecular weight is 522 g/mol. The summed E-state index contributed by atoms with van der Waals surface area (Å²) in [6.07, 6.45) is 9.50. The normalized spacial score (nSPS) is 16.6. The van der Waals surface area contributed by atoms with Crippen LogP contribution in [0.2, 0.25) is 0 Å². The first-order valence-corrected chi connectivity index (χ1v) is 13.7. The summed E-state index contributed by atoms with van der Waals surface area (Å²) in [5.74, 6) is 0.784. The minimum atomic E-state index is -0.725. The highest BCUT2D eigenvalue weighted by atomic mass is 32.2. The van der Waals surface area contributed by atoms with Crippen molar-refractivity contribution < 1.29 is 23.8 Å². The standard InChI is InChI=1S/C14H23N3O2.C11H13FN2O2S/c1-2-12-10-13(16-17(12)8-9-18)14(19)15-11-6-4-3-5-7-11;12-7-5-9(10(13)15)11(14-6-7)16-8-1-3-17-4-2-8/h10-11,18H,2-9H2,1H3,(H,15,19);5-6,8H,1-4H2,(H2,13,15). The van der Waals surface area contributed by atoms with Crippen LogP contribution in [0.4, 0.5) is 4.39 Å². The molecule has 11 heteroatoms. The lowest BCUT2D eigenvalue weighted by Gasteiger charge is -2.22. The maximum atomic E-state index is 13.0. The Balaban J connectivity index is 0.000000202. The first-order valence-electron chi connectivity index (χ1n) is 12.6. The Morgan fingerprint density at radius 2 is 1.94 bits per heavy atom. The molecule has 2 amide bonds. The highest BCUT2D eigenvalue weighted by molar-refractivity contribution is 7.99. The lowest BCUT2D eigenvalue weighted by molar-refractivity contribution is 0.0920. The molecule has 2 aromatic rings. The molecular formula is C25H36FN5O4S. The van der Waals surface area contributed by atoms with Crippen LogP contribution in [0.5, 0.6) is 5.88 Å². The lowest BCUT2D eigenvalue weighted by atomic mass is 9.95. The summed E-state index contributed by atoms with van der Waals surface area (Å²) in [6, 6.07) is 3.19. The largest absolute Gasteiger partial charge is 0.474 e. The van der Waals surface area contributed by atoms with Gasteiger partial charge in [0.25, 0.3) is 11.8 Å². The van der Waals surface area contributed by atoms with Crippen molar-refractivity contribution in [1.29, 1.82) is 0 Å². The van der Waals surface area contributed by atoms with Crippen LogP contribution in [0.25, 0.3) is 0 Å². The van der Waals surface area contributed by atoms with Crippen LogP contribution in [0.1, 0.15) is 78.4 Å². The SMILES string of the molecule is CCc1cc(C(=O)NC2CCCCC2)nn1CCO.NC(=O)c1cc(F)cnc1OC1CCSCC1. The zero-order valence-electron chi connectivity index (χ0n) is 20.7. The summed E-state index contributed by atoms with van der Waals surface area (Å²) in [5, 5.41) is 16.3. The van der Waals surface area contributed by atoms with Crippen molar-refractivity contribution in [3.05, 3.63) is 41.1 Å². The molecule has 1 saturated carbocycles. The molecule has 0 unspecified atom stereocenters. The van der Waals surface area contributed by atoms with Crippen LogP contribution in [0, 0.1) is 5.82 Å². The highest BCUT2D eigenvalue weighted by Gasteiger charge is 2.21. The van der Waals surface area contributed by atoms with Gasteiger partial charge in [-0.15, -0.1) is 0 Å². The summed E-state index contributed by atoms with van der Waals surface area (Å²) >= 11 is 1.87. The van der Waals surface area contributed by atoms with Crippen LogP contribution in [0.3, 0.4) is 0 Å². The van der Waals surface area contributed by atoms with Crippen molar-refractivity contribution in [3.63, 3.8) is 0 Å². The molecule has 9 nitrogen and oxygen atoms in total. The van der Waals surface area contributed by atoms with Gasteiger partial charge >= 0.3 is 0 Å². The van der Waals surface area contributed by atoms with Gasteiger partial charge in [0, 0.05) is 11.7 Å². The van der Waals surface area contributed by atoms with E-state index in [-0.39, 0.29) is 30.1 Å². The van der Waals surface area contributed by atoms with E-state index in [2.05, 4.69) is 15.4 Å². The van der Waals surface area contributed by atoms with Crippen molar-refractivity contribution in [2.75, 3.05) is 18.1 Å². The third-order valence-corrected chi connectivity index (χ3v) is 7.29. The number of rotatable bonds is 8. The quantitative estimate of drug-likeness (QED) is 0.486. The fourth-order valence-electron chi connectivity index (χ4n) is 4.29. The average Bonchev–Trinajstić information content (AvgIpc) is 3.30. The van der Waals surface area contributed by atoms with Crippen molar-refractivity contribution >= 4 is 23.6 Å². The van der Waals surface area contributed by atoms with Gasteiger partial charge < -0.3 is 20.9 Å². The molecule has 2 aromatic heterocycles. The first kappa shape index (κ1) is 27.9. The molecule has 0 spiro atoms. The number of aliphatic hydroxyl groups excluding tert-OH is 1. The van der Waals surface area contributed by atoms with E-state index in [0.29, 0.717) is 18.3 Å². The zero-order valence-corrected chi connectivity index (χ0v) is 21.6. The van der Waals surface area contributed by atoms with Gasteiger partial charge in [-0.05, 0) is 55.7 Å². The Bertz CT molecular complexity index is 1010. The predicted molar refractivity (Wildman–Crippen MR) is 137 cm³/mol. The number of aromatic nitrogens is 3. The number of thioether (sulfide) groups is 1. The van der Waals surface area contributed by atoms with E-state index in [1.807, 2.05) is 24.8 Å². The molecule has 1 aliphatic carbocycles. The second kappa shape index (κ2) is 14.2. The number of aryl methyl sites for hydroxylation is 1. The number of hydrogen-bond donors (Lipinski definition) is 3. The van der Waals surface area contributed by atoms with E-state index in [1.165, 1.54) is 19.3 Å². The number of hydrogen-bond acceptors (Lipinski definition) is 7. The molecule has 3 heterocycles. The Morgan fingerprint density at radius 1 is 1.22 bits per heavy atom. The fourth-order valence-corrected chi connectivity index (χ4v) is 5.36. The molecule has 0 bridgehead atoms. The first-order chi connectivity index (χ1) is 17.4. The molecule has 1 saturated heterocycles. The number of nitrogens with zero attached hydrogens (tertiary/aromatic N) is 3. The van der Waals surface area contributed by atoms with Gasteiger partial charge in [-0.1, -0.05) is 26.2 Å². The van der Waals surface area contributed by atoms with Crippen molar-refractivity contribution in [3.8, 4) is 5.88 Å². The number of nitrogens with one attached hydrogen (secondary N) is 1. The molecule has 0 atom stereocenters.